The summed E-state index contributed by atoms with van der Waals surface area (Å²) in [7, 11) is 0. The molecule has 7 heteroatoms. The second kappa shape index (κ2) is 8.63. The van der Waals surface area contributed by atoms with Gasteiger partial charge in [-0.3, -0.25) is 14.4 Å². The Balaban J connectivity index is 1.26. The van der Waals surface area contributed by atoms with Crippen LogP contribution in [0.4, 0.5) is 0 Å². The van der Waals surface area contributed by atoms with Crippen LogP contribution >= 0.6 is 0 Å². The van der Waals surface area contributed by atoms with E-state index in [-0.39, 0.29) is 11.6 Å². The van der Waals surface area contributed by atoms with E-state index in [1.54, 1.807) is 65.3 Å². The molecule has 0 fully saturated rings. The molecule has 33 heavy (non-hydrogen) atoms. The van der Waals surface area contributed by atoms with Gasteiger partial charge in [-0.05, 0) is 29.8 Å². The van der Waals surface area contributed by atoms with Gasteiger partial charge in [0.15, 0.2) is 11.6 Å². The second-order valence-corrected chi connectivity index (χ2v) is 7.78. The summed E-state index contributed by atoms with van der Waals surface area (Å²) in [5.41, 5.74) is 3.91. The lowest BCUT2D eigenvalue weighted by molar-refractivity contribution is 0.0979. The smallest absolute Gasteiger partial charge is 0.194 e. The van der Waals surface area contributed by atoms with Gasteiger partial charge in [-0.2, -0.15) is 0 Å². The van der Waals surface area contributed by atoms with Crippen molar-refractivity contribution in [1.82, 2.24) is 15.0 Å². The maximum absolute atomic E-state index is 12.9. The van der Waals surface area contributed by atoms with Gasteiger partial charge in [-0.25, -0.2) is 4.68 Å². The average Bonchev–Trinajstić information content (AvgIpc) is 3.29. The zero-order valence-corrected chi connectivity index (χ0v) is 17.6. The van der Waals surface area contributed by atoms with E-state index in [0.717, 1.165) is 17.5 Å². The molecule has 4 aromatic rings. The van der Waals surface area contributed by atoms with Crippen LogP contribution in [0.5, 0.6) is 5.75 Å². The molecule has 0 spiro atoms. The lowest BCUT2D eigenvalue weighted by Gasteiger charge is -2.18. The predicted molar refractivity (Wildman–Crippen MR) is 120 cm³/mol. The molecule has 0 atom stereocenters. The molecular formula is C26H19N3O4. The van der Waals surface area contributed by atoms with Gasteiger partial charge >= 0.3 is 0 Å². The van der Waals surface area contributed by atoms with Crippen molar-refractivity contribution in [2.24, 2.45) is 0 Å². The van der Waals surface area contributed by atoms with Gasteiger partial charge < -0.3 is 4.74 Å². The van der Waals surface area contributed by atoms with Crippen LogP contribution in [0.25, 0.3) is 0 Å². The number of rotatable bonds is 7. The van der Waals surface area contributed by atoms with Crippen LogP contribution in [0, 0.1) is 0 Å². The van der Waals surface area contributed by atoms with Crippen LogP contribution in [-0.2, 0) is 13.0 Å². The second-order valence-electron chi connectivity index (χ2n) is 7.78. The van der Waals surface area contributed by atoms with Crippen molar-refractivity contribution in [3.63, 3.8) is 0 Å². The van der Waals surface area contributed by atoms with Crippen LogP contribution in [-0.4, -0.2) is 39.5 Å². The maximum atomic E-state index is 12.9. The number of hydrogen-bond acceptors (Lipinski definition) is 6. The van der Waals surface area contributed by atoms with Crippen LogP contribution < -0.4 is 4.74 Å². The molecule has 0 saturated heterocycles. The first-order chi connectivity index (χ1) is 16.1. The molecule has 0 radical (unpaired) electrons. The van der Waals surface area contributed by atoms with Crippen molar-refractivity contribution < 1.29 is 19.1 Å². The Kier molecular flexibility index (Phi) is 5.36. The Hall–Kier alpha value is -4.39. The van der Waals surface area contributed by atoms with E-state index >= 15 is 0 Å². The normalized spacial score (nSPS) is 12.2. The highest BCUT2D eigenvalue weighted by molar-refractivity contribution is 6.28. The molecule has 0 saturated carbocycles. The summed E-state index contributed by atoms with van der Waals surface area (Å²) < 4.78 is 7.38. The van der Waals surface area contributed by atoms with E-state index < -0.39 is 0 Å². The Morgan fingerprint density at radius 1 is 0.848 bits per heavy atom. The van der Waals surface area contributed by atoms with Crippen molar-refractivity contribution in [2.75, 3.05) is 6.61 Å². The first-order valence-electron chi connectivity index (χ1n) is 10.5. The van der Waals surface area contributed by atoms with Gasteiger partial charge in [0.2, 0.25) is 0 Å². The molecule has 0 unspecified atom stereocenters. The summed E-state index contributed by atoms with van der Waals surface area (Å²) >= 11 is 0. The van der Waals surface area contributed by atoms with E-state index in [1.165, 1.54) is 0 Å². The number of nitrogens with zero attached hydrogens (tertiary/aromatic N) is 3. The molecule has 1 heterocycles. The third-order valence-corrected chi connectivity index (χ3v) is 5.54. The SMILES string of the molecule is O=Cc1cccc(OCCc2cn(Cc3ccc4c(c3)C(=O)c3ccccc3C4=O)nn2)c1. The molecule has 5 rings (SSSR count). The molecule has 1 aromatic heterocycles. The maximum Gasteiger partial charge on any atom is 0.194 e. The average molecular weight is 437 g/mol. The molecule has 162 valence electrons. The minimum atomic E-state index is -0.142. The topological polar surface area (TPSA) is 91.2 Å². The monoisotopic (exact) mass is 437 g/mol. The standard InChI is InChI=1S/C26H19N3O4/c30-16-18-4-3-5-20(12-18)33-11-10-19-15-29(28-27-19)14-17-8-9-23-24(13-17)26(32)22-7-2-1-6-21(22)25(23)31/h1-9,12-13,15-16H,10-11,14H2. The highest BCUT2D eigenvalue weighted by Crippen LogP contribution is 2.28. The Morgan fingerprint density at radius 3 is 2.39 bits per heavy atom. The largest absolute Gasteiger partial charge is 0.493 e. The molecule has 1 aliphatic rings. The fourth-order valence-electron chi connectivity index (χ4n) is 3.91. The number of aromatic nitrogens is 3. The van der Waals surface area contributed by atoms with Gasteiger partial charge in [-0.1, -0.05) is 47.7 Å². The van der Waals surface area contributed by atoms with E-state index in [1.807, 2.05) is 12.3 Å². The Morgan fingerprint density at radius 2 is 1.61 bits per heavy atom. The van der Waals surface area contributed by atoms with Gasteiger partial charge in [0.25, 0.3) is 0 Å². The molecule has 0 amide bonds. The third-order valence-electron chi connectivity index (χ3n) is 5.54. The Bertz CT molecular complexity index is 1390. The van der Waals surface area contributed by atoms with Crippen LogP contribution in [0.2, 0.25) is 0 Å². The molecule has 0 N–H and O–H groups in total. The fourth-order valence-corrected chi connectivity index (χ4v) is 3.91. The summed E-state index contributed by atoms with van der Waals surface area (Å²) in [6.07, 6.45) is 3.16. The number of hydrogen-bond donors (Lipinski definition) is 0. The van der Waals surface area contributed by atoms with Crippen molar-refractivity contribution >= 4 is 17.9 Å². The summed E-state index contributed by atoms with van der Waals surface area (Å²) in [6, 6.07) is 19.2. The van der Waals surface area contributed by atoms with Crippen molar-refractivity contribution in [2.45, 2.75) is 13.0 Å². The number of benzene rings is 3. The number of aldehydes is 1. The summed E-state index contributed by atoms with van der Waals surface area (Å²) in [4.78, 5) is 36.5. The minimum absolute atomic E-state index is 0.131. The molecule has 1 aliphatic carbocycles. The van der Waals surface area contributed by atoms with E-state index in [0.29, 0.717) is 53.1 Å². The van der Waals surface area contributed by atoms with Crippen molar-refractivity contribution in [3.05, 3.63) is 112 Å². The van der Waals surface area contributed by atoms with Gasteiger partial charge in [-0.15, -0.1) is 5.10 Å². The molecule has 0 bridgehead atoms. The van der Waals surface area contributed by atoms with E-state index in [9.17, 15) is 14.4 Å². The Labute approximate surface area is 189 Å². The first kappa shape index (κ1) is 20.5. The quantitative estimate of drug-likeness (QED) is 0.362. The minimum Gasteiger partial charge on any atom is -0.493 e. The van der Waals surface area contributed by atoms with Crippen molar-refractivity contribution in [1.29, 1.82) is 0 Å². The van der Waals surface area contributed by atoms with Gasteiger partial charge in [0.05, 0.1) is 18.8 Å². The van der Waals surface area contributed by atoms with Gasteiger partial charge in [0, 0.05) is 40.4 Å². The zero-order chi connectivity index (χ0) is 22.8. The highest BCUT2D eigenvalue weighted by atomic mass is 16.5. The molecule has 7 nitrogen and oxygen atoms in total. The summed E-state index contributed by atoms with van der Waals surface area (Å²) in [5.74, 6) is 0.354. The number of ether oxygens (including phenoxy) is 1. The molecular weight excluding hydrogens is 418 g/mol. The lowest BCUT2D eigenvalue weighted by Crippen LogP contribution is -2.21. The summed E-state index contributed by atoms with van der Waals surface area (Å²) in [5, 5.41) is 8.34. The number of ketones is 2. The first-order valence-corrected chi connectivity index (χ1v) is 10.5. The fraction of sp³-hybridized carbons (Fsp3) is 0.115. The predicted octanol–water partition coefficient (Wildman–Crippen LogP) is 3.54. The number of carbonyl (C=O) groups is 3. The van der Waals surface area contributed by atoms with E-state index in [4.69, 9.17) is 4.74 Å². The van der Waals surface area contributed by atoms with E-state index in [2.05, 4.69) is 10.3 Å². The number of fused-ring (bicyclic) bond motifs is 2. The third kappa shape index (κ3) is 4.08. The number of carbonyl (C=O) groups excluding carboxylic acids is 3. The van der Waals surface area contributed by atoms with Gasteiger partial charge in [0.1, 0.15) is 12.0 Å². The van der Waals surface area contributed by atoms with Crippen LogP contribution in [0.3, 0.4) is 0 Å². The molecule has 0 aliphatic heterocycles. The van der Waals surface area contributed by atoms with Crippen molar-refractivity contribution in [3.8, 4) is 5.75 Å². The molecule has 3 aromatic carbocycles. The zero-order valence-electron chi connectivity index (χ0n) is 17.6. The highest BCUT2D eigenvalue weighted by Gasteiger charge is 2.29. The summed E-state index contributed by atoms with van der Waals surface area (Å²) in [6.45, 7) is 0.821. The van der Waals surface area contributed by atoms with Crippen LogP contribution in [0.15, 0.2) is 72.9 Å². The lowest BCUT2D eigenvalue weighted by atomic mass is 9.83. The van der Waals surface area contributed by atoms with Crippen LogP contribution in [0.1, 0.15) is 53.5 Å².